The number of pyridine rings is 1. The first-order chi connectivity index (χ1) is 8.41. The maximum Gasteiger partial charge on any atom is 0.269 e. The van der Waals surface area contributed by atoms with Crippen LogP contribution in [-0.2, 0) is 0 Å². The zero-order valence-corrected chi connectivity index (χ0v) is 11.3. The van der Waals surface area contributed by atoms with Gasteiger partial charge in [0.15, 0.2) is 0 Å². The molecule has 0 aliphatic heterocycles. The minimum Gasteiger partial charge on any atom is -0.388 e. The van der Waals surface area contributed by atoms with E-state index in [1.54, 1.807) is 31.3 Å². The highest BCUT2D eigenvalue weighted by atomic mass is 16.3. The number of rotatable bonds is 6. The first kappa shape index (κ1) is 14.6. The molecule has 1 heterocycles. The van der Waals surface area contributed by atoms with E-state index in [1.807, 2.05) is 0 Å². The van der Waals surface area contributed by atoms with E-state index in [0.717, 1.165) is 6.42 Å². The van der Waals surface area contributed by atoms with Crippen LogP contribution in [0.5, 0.6) is 0 Å². The summed E-state index contributed by atoms with van der Waals surface area (Å²) in [4.78, 5) is 15.7. The number of hydrogen-bond donors (Lipinski definition) is 2. The fraction of sp³-hybridized carbons (Fsp3) is 0.571. The summed E-state index contributed by atoms with van der Waals surface area (Å²) in [5.74, 6) is 0.295. The molecule has 0 bridgehead atoms. The third-order valence-electron chi connectivity index (χ3n) is 2.79. The van der Waals surface area contributed by atoms with Crippen LogP contribution in [0.4, 0.5) is 0 Å². The molecule has 4 heteroatoms. The molecule has 1 amide bonds. The van der Waals surface area contributed by atoms with E-state index in [0.29, 0.717) is 18.0 Å². The second kappa shape index (κ2) is 6.50. The molecule has 0 spiro atoms. The Morgan fingerprint density at radius 1 is 1.50 bits per heavy atom. The molecule has 1 rings (SSSR count). The number of amides is 1. The van der Waals surface area contributed by atoms with Crippen LogP contribution in [0.2, 0.25) is 0 Å². The van der Waals surface area contributed by atoms with Crippen molar-refractivity contribution in [2.45, 2.75) is 39.2 Å². The smallest absolute Gasteiger partial charge is 0.269 e. The maximum absolute atomic E-state index is 11.7. The van der Waals surface area contributed by atoms with Crippen LogP contribution in [0, 0.1) is 5.92 Å². The molecule has 18 heavy (non-hydrogen) atoms. The van der Waals surface area contributed by atoms with Gasteiger partial charge >= 0.3 is 0 Å². The summed E-state index contributed by atoms with van der Waals surface area (Å²) in [7, 11) is 0. The van der Waals surface area contributed by atoms with Crippen LogP contribution in [0.3, 0.4) is 0 Å². The quantitative estimate of drug-likeness (QED) is 0.811. The Morgan fingerprint density at radius 2 is 2.22 bits per heavy atom. The third kappa shape index (κ3) is 5.27. The molecule has 4 nitrogen and oxygen atoms in total. The predicted octanol–water partition coefficient (Wildman–Crippen LogP) is 2.00. The van der Waals surface area contributed by atoms with Crippen molar-refractivity contribution in [3.8, 4) is 0 Å². The molecule has 0 aliphatic rings. The maximum atomic E-state index is 11.7. The Labute approximate surface area is 108 Å². The summed E-state index contributed by atoms with van der Waals surface area (Å²) < 4.78 is 0. The van der Waals surface area contributed by atoms with E-state index in [1.165, 1.54) is 0 Å². The largest absolute Gasteiger partial charge is 0.388 e. The zero-order valence-electron chi connectivity index (χ0n) is 11.3. The van der Waals surface area contributed by atoms with Gasteiger partial charge in [0.05, 0.1) is 5.60 Å². The Hall–Kier alpha value is -1.42. The van der Waals surface area contributed by atoms with Crippen LogP contribution in [0.15, 0.2) is 24.4 Å². The lowest BCUT2D eigenvalue weighted by atomic mass is 9.95. The summed E-state index contributed by atoms with van der Waals surface area (Å²) >= 11 is 0. The molecule has 1 aromatic rings. The van der Waals surface area contributed by atoms with Gasteiger partial charge < -0.3 is 10.4 Å². The van der Waals surface area contributed by atoms with Crippen molar-refractivity contribution in [3.63, 3.8) is 0 Å². The number of carbonyl (C=O) groups is 1. The monoisotopic (exact) mass is 250 g/mol. The van der Waals surface area contributed by atoms with Gasteiger partial charge in [-0.3, -0.25) is 9.78 Å². The van der Waals surface area contributed by atoms with Crippen molar-refractivity contribution in [1.82, 2.24) is 10.3 Å². The van der Waals surface area contributed by atoms with Gasteiger partial charge in [-0.15, -0.1) is 0 Å². The first-order valence-electron chi connectivity index (χ1n) is 6.32. The van der Waals surface area contributed by atoms with Gasteiger partial charge in [0.1, 0.15) is 5.69 Å². The molecule has 0 fully saturated rings. The second-order valence-electron chi connectivity index (χ2n) is 5.33. The van der Waals surface area contributed by atoms with Crippen molar-refractivity contribution in [2.24, 2.45) is 5.92 Å². The van der Waals surface area contributed by atoms with E-state index < -0.39 is 5.60 Å². The van der Waals surface area contributed by atoms with Crippen LogP contribution in [-0.4, -0.2) is 28.1 Å². The molecule has 0 saturated carbocycles. The standard InChI is InChI=1S/C14H22N2O2/c1-11(2)7-8-14(3,18)10-16-13(17)12-6-4-5-9-15-12/h4-6,9,11,18H,7-8,10H2,1-3H3,(H,16,17). The van der Waals surface area contributed by atoms with Crippen LogP contribution < -0.4 is 5.32 Å². The highest BCUT2D eigenvalue weighted by Crippen LogP contribution is 2.15. The highest BCUT2D eigenvalue weighted by molar-refractivity contribution is 5.92. The number of aliphatic hydroxyl groups is 1. The van der Waals surface area contributed by atoms with Gasteiger partial charge in [-0.25, -0.2) is 0 Å². The Bertz CT molecular complexity index is 375. The van der Waals surface area contributed by atoms with E-state index in [4.69, 9.17) is 0 Å². The lowest BCUT2D eigenvalue weighted by Gasteiger charge is -2.24. The van der Waals surface area contributed by atoms with Crippen LogP contribution in [0.1, 0.15) is 44.1 Å². The first-order valence-corrected chi connectivity index (χ1v) is 6.32. The summed E-state index contributed by atoms with van der Waals surface area (Å²) in [6.45, 7) is 6.22. The molecule has 0 radical (unpaired) electrons. The van der Waals surface area contributed by atoms with Gasteiger partial charge in [0.25, 0.3) is 5.91 Å². The average molecular weight is 250 g/mol. The molecular weight excluding hydrogens is 228 g/mol. The summed E-state index contributed by atoms with van der Waals surface area (Å²) in [6, 6.07) is 5.17. The normalized spacial score (nSPS) is 14.3. The van der Waals surface area contributed by atoms with E-state index in [2.05, 4.69) is 24.1 Å². The fourth-order valence-electron chi connectivity index (χ4n) is 1.55. The van der Waals surface area contributed by atoms with E-state index in [9.17, 15) is 9.90 Å². The Morgan fingerprint density at radius 3 is 2.78 bits per heavy atom. The minimum absolute atomic E-state index is 0.245. The molecular formula is C14H22N2O2. The van der Waals surface area contributed by atoms with Crippen LogP contribution in [0.25, 0.3) is 0 Å². The second-order valence-corrected chi connectivity index (χ2v) is 5.33. The third-order valence-corrected chi connectivity index (χ3v) is 2.79. The number of nitrogens with zero attached hydrogens (tertiary/aromatic N) is 1. The average Bonchev–Trinajstić information content (AvgIpc) is 2.35. The summed E-state index contributed by atoms with van der Waals surface area (Å²) in [6.07, 6.45) is 3.19. The van der Waals surface area contributed by atoms with E-state index in [-0.39, 0.29) is 12.5 Å². The number of nitrogens with one attached hydrogen (secondary N) is 1. The van der Waals surface area contributed by atoms with Gasteiger partial charge in [-0.2, -0.15) is 0 Å². The van der Waals surface area contributed by atoms with Crippen molar-refractivity contribution >= 4 is 5.91 Å². The Kier molecular flexibility index (Phi) is 5.28. The number of carbonyl (C=O) groups excluding carboxylic acids is 1. The number of hydrogen-bond acceptors (Lipinski definition) is 3. The number of aromatic nitrogens is 1. The molecule has 1 unspecified atom stereocenters. The van der Waals surface area contributed by atoms with Gasteiger partial charge in [0.2, 0.25) is 0 Å². The minimum atomic E-state index is -0.866. The lowest BCUT2D eigenvalue weighted by molar-refractivity contribution is 0.0428. The van der Waals surface area contributed by atoms with Gasteiger partial charge in [0, 0.05) is 12.7 Å². The van der Waals surface area contributed by atoms with Crippen molar-refractivity contribution in [2.75, 3.05) is 6.54 Å². The topological polar surface area (TPSA) is 62.2 Å². The molecule has 2 N–H and O–H groups in total. The van der Waals surface area contributed by atoms with E-state index >= 15 is 0 Å². The molecule has 1 aromatic heterocycles. The van der Waals surface area contributed by atoms with Gasteiger partial charge in [-0.1, -0.05) is 19.9 Å². The van der Waals surface area contributed by atoms with Crippen molar-refractivity contribution in [3.05, 3.63) is 30.1 Å². The van der Waals surface area contributed by atoms with Crippen LogP contribution >= 0.6 is 0 Å². The van der Waals surface area contributed by atoms with Crippen molar-refractivity contribution < 1.29 is 9.90 Å². The lowest BCUT2D eigenvalue weighted by Crippen LogP contribution is -2.41. The van der Waals surface area contributed by atoms with Crippen molar-refractivity contribution in [1.29, 1.82) is 0 Å². The fourth-order valence-corrected chi connectivity index (χ4v) is 1.55. The predicted molar refractivity (Wildman–Crippen MR) is 71.3 cm³/mol. The molecule has 1 atom stereocenters. The Balaban J connectivity index is 2.42. The molecule has 0 aromatic carbocycles. The van der Waals surface area contributed by atoms with Gasteiger partial charge in [-0.05, 0) is 37.8 Å². The molecule has 0 aliphatic carbocycles. The zero-order chi connectivity index (χ0) is 13.6. The highest BCUT2D eigenvalue weighted by Gasteiger charge is 2.21. The molecule has 100 valence electrons. The summed E-state index contributed by atoms with van der Waals surface area (Å²) in [5.41, 5.74) is -0.494. The SMILES string of the molecule is CC(C)CCC(C)(O)CNC(=O)c1ccccn1. The molecule has 0 saturated heterocycles. The summed E-state index contributed by atoms with van der Waals surface area (Å²) in [5, 5.41) is 12.8.